The Morgan fingerprint density at radius 3 is 2.63 bits per heavy atom. The molecule has 0 radical (unpaired) electrons. The number of piperidine rings is 1. The number of likely N-dealkylation sites (tertiary alicyclic amines) is 1. The van der Waals surface area contributed by atoms with Gasteiger partial charge in [0, 0.05) is 37.4 Å². The maximum Gasteiger partial charge on any atom is 0.222 e. The first-order valence-electron chi connectivity index (χ1n) is 9.11. The van der Waals surface area contributed by atoms with Crippen molar-refractivity contribution in [2.45, 2.75) is 39.7 Å². The second-order valence-corrected chi connectivity index (χ2v) is 7.34. The molecule has 0 aliphatic carbocycles. The number of carbonyl (C=O) groups is 1. The number of aromatic hydroxyl groups is 1. The first-order valence-corrected chi connectivity index (χ1v) is 9.11. The van der Waals surface area contributed by atoms with Crippen molar-refractivity contribution < 1.29 is 9.90 Å². The molecule has 2 heterocycles. The highest BCUT2D eigenvalue weighted by molar-refractivity contribution is 5.89. The quantitative estimate of drug-likeness (QED) is 0.817. The highest BCUT2D eigenvalue weighted by atomic mass is 16.3. The van der Waals surface area contributed by atoms with E-state index in [0.29, 0.717) is 30.0 Å². The lowest BCUT2D eigenvalue weighted by atomic mass is 9.99. The van der Waals surface area contributed by atoms with Crippen LogP contribution < -0.4 is 5.73 Å². The molecule has 27 heavy (non-hydrogen) atoms. The van der Waals surface area contributed by atoms with Gasteiger partial charge < -0.3 is 15.7 Å². The summed E-state index contributed by atoms with van der Waals surface area (Å²) in [6, 6.07) is 5.74. The van der Waals surface area contributed by atoms with E-state index in [1.54, 1.807) is 24.2 Å². The number of nitrogens with zero attached hydrogens (tertiary/aromatic N) is 3. The third kappa shape index (κ3) is 3.94. The molecule has 142 valence electrons. The van der Waals surface area contributed by atoms with E-state index in [9.17, 15) is 9.90 Å². The second-order valence-electron chi connectivity index (χ2n) is 7.34. The van der Waals surface area contributed by atoms with Gasteiger partial charge in [-0.3, -0.25) is 9.79 Å². The summed E-state index contributed by atoms with van der Waals surface area (Å²) in [6.07, 6.45) is 3.04. The minimum absolute atomic E-state index is 0.0783. The normalized spacial score (nSPS) is 17.7. The molecule has 0 spiro atoms. The standard InChI is InChI=1S/C21H26N4O2/c1-12-7-14(3)20(18(26)8-12)17-9-13(2)16(21(22)24-17)10-23-15-5-6-19(27)25(4)11-15/h7-10,15,26H,5-6,11H2,1-4H3,(H2,22,24). The Balaban J connectivity index is 1.90. The lowest BCUT2D eigenvalue weighted by Gasteiger charge is -2.27. The number of hydrogen-bond donors (Lipinski definition) is 2. The van der Waals surface area contributed by atoms with Gasteiger partial charge in [0.1, 0.15) is 11.6 Å². The summed E-state index contributed by atoms with van der Waals surface area (Å²) in [5, 5.41) is 10.4. The average Bonchev–Trinajstić information content (AvgIpc) is 2.56. The smallest absolute Gasteiger partial charge is 0.222 e. The molecule has 1 aromatic carbocycles. The Hall–Kier alpha value is -2.89. The molecule has 6 nitrogen and oxygen atoms in total. The highest BCUT2D eigenvalue weighted by Crippen LogP contribution is 2.34. The Kier molecular flexibility index (Phi) is 5.17. The van der Waals surface area contributed by atoms with Crippen LogP contribution in [0.15, 0.2) is 23.2 Å². The monoisotopic (exact) mass is 366 g/mol. The molecule has 1 atom stereocenters. The molecular formula is C21H26N4O2. The lowest BCUT2D eigenvalue weighted by Crippen LogP contribution is -2.38. The first-order chi connectivity index (χ1) is 12.8. The van der Waals surface area contributed by atoms with Crippen LogP contribution in [0.5, 0.6) is 5.75 Å². The number of nitrogens with two attached hydrogens (primary N) is 1. The molecule has 6 heteroatoms. The van der Waals surface area contributed by atoms with Crippen LogP contribution in [-0.4, -0.2) is 46.7 Å². The van der Waals surface area contributed by atoms with Crippen molar-refractivity contribution in [3.63, 3.8) is 0 Å². The SMILES string of the molecule is Cc1cc(C)c(-c2cc(C)c(C=NC3CCC(=O)N(C)C3)c(N)n2)c(O)c1. The molecule has 1 saturated heterocycles. The Morgan fingerprint density at radius 1 is 1.26 bits per heavy atom. The van der Waals surface area contributed by atoms with Crippen LogP contribution in [0.25, 0.3) is 11.3 Å². The van der Waals surface area contributed by atoms with Crippen molar-refractivity contribution in [1.29, 1.82) is 0 Å². The molecule has 1 aliphatic rings. The maximum atomic E-state index is 11.6. The number of benzene rings is 1. The van der Waals surface area contributed by atoms with Gasteiger partial charge in [-0.1, -0.05) is 6.07 Å². The molecule has 3 N–H and O–H groups in total. The van der Waals surface area contributed by atoms with Gasteiger partial charge in [-0.15, -0.1) is 0 Å². The lowest BCUT2D eigenvalue weighted by molar-refractivity contribution is -0.132. The van der Waals surface area contributed by atoms with Crippen molar-refractivity contribution in [1.82, 2.24) is 9.88 Å². The number of likely N-dealkylation sites (N-methyl/N-ethyl adjacent to an activating group) is 1. The first kappa shape index (κ1) is 18.9. The van der Waals surface area contributed by atoms with Crippen molar-refractivity contribution in [2.24, 2.45) is 4.99 Å². The molecule has 3 rings (SSSR count). The van der Waals surface area contributed by atoms with Crippen LogP contribution in [0.2, 0.25) is 0 Å². The van der Waals surface area contributed by atoms with E-state index in [-0.39, 0.29) is 17.7 Å². The number of nitrogen functional groups attached to an aromatic ring is 1. The van der Waals surface area contributed by atoms with Crippen LogP contribution in [0.1, 0.15) is 35.1 Å². The third-order valence-electron chi connectivity index (χ3n) is 5.03. The summed E-state index contributed by atoms with van der Waals surface area (Å²) < 4.78 is 0. The summed E-state index contributed by atoms with van der Waals surface area (Å²) in [5.74, 6) is 0.750. The maximum absolute atomic E-state index is 11.6. The number of phenols is 1. The topological polar surface area (TPSA) is 91.8 Å². The second kappa shape index (κ2) is 7.39. The number of phenolic OH excluding ortho intramolecular Hbond substituents is 1. The molecule has 0 bridgehead atoms. The van der Waals surface area contributed by atoms with Crippen molar-refractivity contribution >= 4 is 17.9 Å². The Labute approximate surface area is 159 Å². The number of aliphatic imine (C=N–C) groups is 1. The minimum Gasteiger partial charge on any atom is -0.507 e. The zero-order valence-corrected chi connectivity index (χ0v) is 16.3. The van der Waals surface area contributed by atoms with Gasteiger partial charge in [0.25, 0.3) is 0 Å². The minimum atomic E-state index is 0.0783. The number of aryl methyl sites for hydroxylation is 3. The number of carbonyl (C=O) groups excluding carboxylic acids is 1. The van der Waals surface area contributed by atoms with Crippen LogP contribution in [0.4, 0.5) is 5.82 Å². The van der Waals surface area contributed by atoms with Crippen LogP contribution in [0, 0.1) is 20.8 Å². The van der Waals surface area contributed by atoms with Crippen LogP contribution in [0.3, 0.4) is 0 Å². The molecular weight excluding hydrogens is 340 g/mol. The number of anilines is 1. The van der Waals surface area contributed by atoms with E-state index < -0.39 is 0 Å². The molecule has 1 aromatic heterocycles. The zero-order valence-electron chi connectivity index (χ0n) is 16.3. The van der Waals surface area contributed by atoms with Gasteiger partial charge >= 0.3 is 0 Å². The summed E-state index contributed by atoms with van der Waals surface area (Å²) in [6.45, 7) is 6.47. The van der Waals surface area contributed by atoms with Gasteiger partial charge in [0.2, 0.25) is 5.91 Å². The predicted octanol–water partition coefficient (Wildman–Crippen LogP) is 3.00. The van der Waals surface area contributed by atoms with Crippen molar-refractivity contribution in [3.8, 4) is 17.0 Å². The largest absolute Gasteiger partial charge is 0.507 e. The molecule has 1 amide bonds. The van der Waals surface area contributed by atoms with Crippen molar-refractivity contribution in [2.75, 3.05) is 19.3 Å². The van der Waals surface area contributed by atoms with E-state index >= 15 is 0 Å². The van der Waals surface area contributed by atoms with Gasteiger partial charge in [0.15, 0.2) is 0 Å². The molecule has 1 aliphatic heterocycles. The number of hydrogen-bond acceptors (Lipinski definition) is 5. The van der Waals surface area contributed by atoms with E-state index in [1.165, 1.54) is 0 Å². The van der Waals surface area contributed by atoms with E-state index in [1.807, 2.05) is 32.9 Å². The average molecular weight is 366 g/mol. The van der Waals surface area contributed by atoms with E-state index in [0.717, 1.165) is 28.7 Å². The highest BCUT2D eigenvalue weighted by Gasteiger charge is 2.22. The summed E-state index contributed by atoms with van der Waals surface area (Å²) in [7, 11) is 1.80. The molecule has 2 aromatic rings. The summed E-state index contributed by atoms with van der Waals surface area (Å²) in [4.78, 5) is 22.4. The van der Waals surface area contributed by atoms with Gasteiger partial charge in [-0.2, -0.15) is 0 Å². The van der Waals surface area contributed by atoms with E-state index in [4.69, 9.17) is 5.73 Å². The predicted molar refractivity (Wildman–Crippen MR) is 108 cm³/mol. The van der Waals surface area contributed by atoms with Crippen LogP contribution >= 0.6 is 0 Å². The molecule has 1 unspecified atom stereocenters. The fraction of sp³-hybridized carbons (Fsp3) is 0.381. The van der Waals surface area contributed by atoms with Crippen molar-refractivity contribution in [3.05, 3.63) is 40.5 Å². The summed E-state index contributed by atoms with van der Waals surface area (Å²) in [5.41, 5.74) is 11.2. The molecule has 0 saturated carbocycles. The number of amides is 1. The van der Waals surface area contributed by atoms with Gasteiger partial charge in [-0.05, 0) is 56.0 Å². The summed E-state index contributed by atoms with van der Waals surface area (Å²) >= 11 is 0. The molecule has 1 fully saturated rings. The van der Waals surface area contributed by atoms with E-state index in [2.05, 4.69) is 9.98 Å². The fourth-order valence-corrected chi connectivity index (χ4v) is 3.57. The third-order valence-corrected chi connectivity index (χ3v) is 5.03. The Bertz CT molecular complexity index is 874. The van der Waals surface area contributed by atoms with Gasteiger partial charge in [-0.25, -0.2) is 4.98 Å². The Morgan fingerprint density at radius 2 is 2.00 bits per heavy atom. The number of pyridine rings is 1. The fourth-order valence-electron chi connectivity index (χ4n) is 3.57. The zero-order chi connectivity index (χ0) is 19.7. The number of aromatic nitrogens is 1. The van der Waals surface area contributed by atoms with Crippen LogP contribution in [-0.2, 0) is 4.79 Å². The van der Waals surface area contributed by atoms with Gasteiger partial charge in [0.05, 0.1) is 11.7 Å². The number of rotatable bonds is 3.